The number of nitrogens with one attached hydrogen (secondary N) is 6. The number of hydrogen-bond donors (Lipinski definition) is 8. The van der Waals surface area contributed by atoms with Crippen molar-refractivity contribution in [2.45, 2.75) is 75.5 Å². The third kappa shape index (κ3) is 12.9. The molecule has 0 spiro atoms. The number of rotatable bonds is 14. The van der Waals surface area contributed by atoms with Crippen LogP contribution in [-0.4, -0.2) is 85.7 Å². The molecule has 0 aromatic heterocycles. The average Bonchev–Trinajstić information content (AvgIpc) is 2.98. The van der Waals surface area contributed by atoms with Gasteiger partial charge >= 0.3 is 0 Å². The molecule has 236 valence electrons. The lowest BCUT2D eigenvalue weighted by Crippen LogP contribution is -2.58. The Morgan fingerprint density at radius 1 is 0.814 bits per heavy atom. The van der Waals surface area contributed by atoms with Crippen LogP contribution >= 0.6 is 0 Å². The van der Waals surface area contributed by atoms with Gasteiger partial charge in [-0.1, -0.05) is 36.8 Å². The molecule has 1 saturated heterocycles. The van der Waals surface area contributed by atoms with E-state index in [0.29, 0.717) is 38.6 Å². The van der Waals surface area contributed by atoms with Crippen molar-refractivity contribution in [2.75, 3.05) is 19.7 Å². The first-order valence-corrected chi connectivity index (χ1v) is 14.2. The summed E-state index contributed by atoms with van der Waals surface area (Å²) in [6.07, 6.45) is 2.81. The van der Waals surface area contributed by atoms with Crippen LogP contribution in [0.3, 0.4) is 0 Å². The molecule has 2 rings (SSSR count). The lowest BCUT2D eigenvalue weighted by atomic mass is 10.0. The topological polar surface area (TPSA) is 248 Å². The van der Waals surface area contributed by atoms with Crippen LogP contribution in [0.5, 0.6) is 0 Å². The lowest BCUT2D eigenvalue weighted by Gasteiger charge is -2.26. The number of carbonyl (C=O) groups is 6. The number of nitrogens with two attached hydrogens (primary N) is 2. The highest BCUT2D eigenvalue weighted by molar-refractivity contribution is 5.97. The third-order valence-corrected chi connectivity index (χ3v) is 6.72. The van der Waals surface area contributed by atoms with E-state index in [1.807, 2.05) is 0 Å². The summed E-state index contributed by atoms with van der Waals surface area (Å²) >= 11 is 0. The average molecular weight is 603 g/mol. The molecule has 5 amide bonds. The molecule has 0 aliphatic carbocycles. The first-order chi connectivity index (χ1) is 20.6. The maximum atomic E-state index is 13.6. The van der Waals surface area contributed by atoms with Gasteiger partial charge in [-0.3, -0.25) is 34.2 Å². The second kappa shape index (κ2) is 18.8. The maximum absolute atomic E-state index is 13.6. The number of ether oxygens (including phenoxy) is 1. The Bertz CT molecular complexity index is 1120. The van der Waals surface area contributed by atoms with Crippen molar-refractivity contribution in [3.8, 4) is 0 Å². The first-order valence-electron chi connectivity index (χ1n) is 14.2. The maximum Gasteiger partial charge on any atom is 0.293 e. The molecular weight excluding hydrogens is 560 g/mol. The molecule has 1 aromatic rings. The summed E-state index contributed by atoms with van der Waals surface area (Å²) in [5.74, 6) is -3.50. The summed E-state index contributed by atoms with van der Waals surface area (Å²) in [6, 6.07) is 4.23. The van der Waals surface area contributed by atoms with E-state index in [1.54, 1.807) is 30.3 Å². The highest BCUT2D eigenvalue weighted by Crippen LogP contribution is 2.09. The van der Waals surface area contributed by atoms with Gasteiger partial charge in [0.25, 0.3) is 6.47 Å². The van der Waals surface area contributed by atoms with Gasteiger partial charge in [0.05, 0.1) is 12.4 Å². The minimum absolute atomic E-state index is 0.00348. The van der Waals surface area contributed by atoms with Crippen LogP contribution in [-0.2, 0) is 39.9 Å². The van der Waals surface area contributed by atoms with Crippen molar-refractivity contribution >= 4 is 41.8 Å². The number of amides is 5. The molecule has 10 N–H and O–H groups in total. The summed E-state index contributed by atoms with van der Waals surface area (Å²) in [4.78, 5) is 76.8. The summed E-state index contributed by atoms with van der Waals surface area (Å²) in [6.45, 7) is -0.560. The van der Waals surface area contributed by atoms with Crippen LogP contribution in [0.25, 0.3) is 0 Å². The highest BCUT2D eigenvalue weighted by Gasteiger charge is 2.32. The van der Waals surface area contributed by atoms with Gasteiger partial charge in [-0.05, 0) is 44.2 Å². The fraction of sp³-hybridized carbons (Fsp3) is 0.536. The van der Waals surface area contributed by atoms with E-state index >= 15 is 0 Å². The van der Waals surface area contributed by atoms with E-state index < -0.39 is 66.9 Å². The van der Waals surface area contributed by atoms with E-state index in [0.717, 1.165) is 5.56 Å². The third-order valence-electron chi connectivity index (χ3n) is 6.72. The van der Waals surface area contributed by atoms with Crippen LogP contribution in [0.1, 0.15) is 50.5 Å². The zero-order valence-corrected chi connectivity index (χ0v) is 24.1. The SMILES string of the molecule is N=C(N)CCCCC1NC(=O)[C@H](CCCCN)NC(=O)[C@H](Cc2ccccc2)NC(=O)[C@@H](COC=O)NC(=O)CNC1=O. The molecule has 1 unspecified atom stereocenters. The van der Waals surface area contributed by atoms with Crippen LogP contribution < -0.4 is 38.1 Å². The Kier molecular flexibility index (Phi) is 15.2. The van der Waals surface area contributed by atoms with Crippen molar-refractivity contribution in [2.24, 2.45) is 11.5 Å². The molecule has 1 aromatic carbocycles. The Morgan fingerprint density at radius 3 is 2.02 bits per heavy atom. The molecule has 4 atom stereocenters. The lowest BCUT2D eigenvalue weighted by molar-refractivity contribution is -0.137. The van der Waals surface area contributed by atoms with Crippen molar-refractivity contribution < 1.29 is 33.5 Å². The monoisotopic (exact) mass is 602 g/mol. The van der Waals surface area contributed by atoms with Gasteiger partial charge in [-0.25, -0.2) is 0 Å². The van der Waals surface area contributed by atoms with E-state index in [2.05, 4.69) is 26.6 Å². The normalized spacial score (nSPS) is 22.0. The van der Waals surface area contributed by atoms with Gasteiger partial charge in [0.15, 0.2) is 0 Å². The van der Waals surface area contributed by atoms with Crippen LogP contribution in [0.4, 0.5) is 0 Å². The fourth-order valence-electron chi connectivity index (χ4n) is 4.42. The van der Waals surface area contributed by atoms with Gasteiger partial charge in [-0.15, -0.1) is 0 Å². The largest absolute Gasteiger partial charge is 0.465 e. The Labute approximate surface area is 250 Å². The second-order valence-electron chi connectivity index (χ2n) is 10.2. The van der Waals surface area contributed by atoms with Crippen molar-refractivity contribution in [3.63, 3.8) is 0 Å². The zero-order chi connectivity index (χ0) is 31.6. The van der Waals surface area contributed by atoms with Gasteiger partial charge in [0, 0.05) is 12.8 Å². The molecule has 1 aliphatic rings. The first kappa shape index (κ1) is 34.7. The molecule has 0 radical (unpaired) electrons. The van der Waals surface area contributed by atoms with Crippen LogP contribution in [0, 0.1) is 5.41 Å². The summed E-state index contributed by atoms with van der Waals surface area (Å²) < 4.78 is 4.72. The Hall–Kier alpha value is -4.53. The number of carbonyl (C=O) groups excluding carboxylic acids is 6. The van der Waals surface area contributed by atoms with Crippen LogP contribution in [0.2, 0.25) is 0 Å². The minimum atomic E-state index is -1.37. The molecule has 1 aliphatic heterocycles. The quantitative estimate of drug-likeness (QED) is 0.0512. The van der Waals surface area contributed by atoms with E-state index in [1.165, 1.54) is 0 Å². The van der Waals surface area contributed by atoms with E-state index in [-0.39, 0.29) is 31.6 Å². The Morgan fingerprint density at radius 2 is 1.40 bits per heavy atom. The molecule has 15 nitrogen and oxygen atoms in total. The van der Waals surface area contributed by atoms with Gasteiger partial charge < -0.3 is 42.8 Å². The van der Waals surface area contributed by atoms with Crippen molar-refractivity contribution in [1.29, 1.82) is 5.41 Å². The van der Waals surface area contributed by atoms with Crippen molar-refractivity contribution in [1.82, 2.24) is 26.6 Å². The highest BCUT2D eigenvalue weighted by atomic mass is 16.5. The van der Waals surface area contributed by atoms with E-state index in [4.69, 9.17) is 21.6 Å². The number of benzene rings is 1. The number of unbranched alkanes of at least 4 members (excludes halogenated alkanes) is 2. The number of hydrogen-bond acceptors (Lipinski definition) is 9. The summed E-state index contributed by atoms with van der Waals surface area (Å²) in [7, 11) is 0. The summed E-state index contributed by atoms with van der Waals surface area (Å²) in [5.41, 5.74) is 11.8. The molecular formula is C28H42N8O7. The molecule has 1 heterocycles. The molecule has 1 fully saturated rings. The standard InChI is InChI=1S/C28H42N8O7/c29-13-7-6-11-20-26(40)34-19(10-4-5-12-23(30)31)25(39)32-15-24(38)33-22(16-43-17-37)28(42)36-21(27(41)35-20)14-18-8-2-1-3-9-18/h1-3,8-9,17,19-22H,4-7,10-16,29H2,(H3,30,31)(H,32,39)(H,33,38)(H,34,40)(H,35,41)(H,36,42)/t19?,20-,21-,22+/m0/s1. The number of amidine groups is 1. The molecule has 0 bridgehead atoms. The molecule has 43 heavy (non-hydrogen) atoms. The van der Waals surface area contributed by atoms with Gasteiger partial charge in [-0.2, -0.15) is 0 Å². The molecule has 0 saturated carbocycles. The fourth-order valence-corrected chi connectivity index (χ4v) is 4.42. The predicted molar refractivity (Wildman–Crippen MR) is 156 cm³/mol. The van der Waals surface area contributed by atoms with Gasteiger partial charge in [0.2, 0.25) is 29.5 Å². The predicted octanol–water partition coefficient (Wildman–Crippen LogP) is -1.90. The second-order valence-corrected chi connectivity index (χ2v) is 10.2. The van der Waals surface area contributed by atoms with Crippen LogP contribution in [0.15, 0.2) is 30.3 Å². The minimum Gasteiger partial charge on any atom is -0.465 e. The van der Waals surface area contributed by atoms with E-state index in [9.17, 15) is 28.8 Å². The van der Waals surface area contributed by atoms with Crippen molar-refractivity contribution in [3.05, 3.63) is 35.9 Å². The Balaban J connectivity index is 2.41. The molecule has 15 heteroatoms. The smallest absolute Gasteiger partial charge is 0.293 e. The zero-order valence-electron chi connectivity index (χ0n) is 24.1. The summed E-state index contributed by atoms with van der Waals surface area (Å²) in [5, 5.41) is 20.2. The van der Waals surface area contributed by atoms with Gasteiger partial charge in [0.1, 0.15) is 30.8 Å².